The zero-order valence-electron chi connectivity index (χ0n) is 19.3. The molecule has 188 valence electrons. The predicted molar refractivity (Wildman–Crippen MR) is 127 cm³/mol. The Morgan fingerprint density at radius 1 is 1.06 bits per heavy atom. The molecule has 6 atom stereocenters. The zero-order valence-corrected chi connectivity index (χ0v) is 19.3. The third-order valence-electron chi connectivity index (χ3n) is 5.93. The van der Waals surface area contributed by atoms with Crippen LogP contribution >= 0.6 is 0 Å². The highest BCUT2D eigenvalue weighted by Gasteiger charge is 2.45. The van der Waals surface area contributed by atoms with Crippen LogP contribution in [-0.4, -0.2) is 82.6 Å². The molecule has 35 heavy (non-hydrogen) atoms. The first kappa shape index (κ1) is 26.5. The highest BCUT2D eigenvalue weighted by atomic mass is 16.5. The number of ether oxygens (including phenoxy) is 1. The average molecular weight is 486 g/mol. The number of hydrogen-bond acceptors (Lipinski definition) is 8. The van der Waals surface area contributed by atoms with Gasteiger partial charge in [-0.05, 0) is 23.3 Å². The Labute approximate surface area is 203 Å². The molecule has 1 aliphatic rings. The molecule has 1 saturated heterocycles. The van der Waals surface area contributed by atoms with Crippen LogP contribution in [0.5, 0.6) is 0 Å². The molecule has 0 aliphatic carbocycles. The summed E-state index contributed by atoms with van der Waals surface area (Å²) in [6.45, 7) is 0.568. The van der Waals surface area contributed by atoms with Crippen LogP contribution in [0.2, 0.25) is 0 Å². The second-order valence-electron chi connectivity index (χ2n) is 8.50. The summed E-state index contributed by atoms with van der Waals surface area (Å²) in [5.41, 5.74) is 7.69. The SMILES string of the molecule is CC(=O)NC1C(O)CC(C(=O)CN)OC1C(O)C(O)CNC(=O)c1ccc(-c2ccccc2)cc1. The minimum atomic E-state index is -1.63. The van der Waals surface area contributed by atoms with Gasteiger partial charge in [0.2, 0.25) is 5.91 Å². The van der Waals surface area contributed by atoms with Crippen LogP contribution in [0.25, 0.3) is 11.1 Å². The molecule has 10 heteroatoms. The van der Waals surface area contributed by atoms with Crippen LogP contribution in [0.15, 0.2) is 54.6 Å². The van der Waals surface area contributed by atoms with Crippen molar-refractivity contribution in [3.05, 3.63) is 60.2 Å². The lowest BCUT2D eigenvalue weighted by Crippen LogP contribution is -2.64. The lowest BCUT2D eigenvalue weighted by molar-refractivity contribution is -0.182. The van der Waals surface area contributed by atoms with E-state index in [0.29, 0.717) is 5.56 Å². The Morgan fingerprint density at radius 3 is 2.29 bits per heavy atom. The highest BCUT2D eigenvalue weighted by Crippen LogP contribution is 2.25. The van der Waals surface area contributed by atoms with Gasteiger partial charge in [0, 0.05) is 25.5 Å². The van der Waals surface area contributed by atoms with E-state index in [1.807, 2.05) is 30.3 Å². The average Bonchev–Trinajstić information content (AvgIpc) is 2.87. The lowest BCUT2D eigenvalue weighted by Gasteiger charge is -2.42. The van der Waals surface area contributed by atoms with Gasteiger partial charge in [0.05, 0.1) is 24.8 Å². The van der Waals surface area contributed by atoms with Crippen LogP contribution in [-0.2, 0) is 14.3 Å². The van der Waals surface area contributed by atoms with Crippen molar-refractivity contribution < 1.29 is 34.4 Å². The van der Waals surface area contributed by atoms with Crippen molar-refractivity contribution in [3.8, 4) is 11.1 Å². The molecule has 7 N–H and O–H groups in total. The van der Waals surface area contributed by atoms with Gasteiger partial charge in [0.25, 0.3) is 5.91 Å². The molecule has 0 saturated carbocycles. The molecule has 2 aromatic rings. The summed E-state index contributed by atoms with van der Waals surface area (Å²) in [7, 11) is 0. The fourth-order valence-corrected chi connectivity index (χ4v) is 4.04. The van der Waals surface area contributed by atoms with E-state index in [0.717, 1.165) is 11.1 Å². The fraction of sp³-hybridized carbons (Fsp3) is 0.400. The van der Waals surface area contributed by atoms with E-state index in [1.54, 1.807) is 24.3 Å². The van der Waals surface area contributed by atoms with Crippen molar-refractivity contribution in [2.24, 2.45) is 5.73 Å². The number of carbonyl (C=O) groups excluding carboxylic acids is 3. The molecule has 3 rings (SSSR count). The highest BCUT2D eigenvalue weighted by molar-refractivity contribution is 5.94. The van der Waals surface area contributed by atoms with E-state index in [1.165, 1.54) is 6.92 Å². The van der Waals surface area contributed by atoms with Gasteiger partial charge in [0.1, 0.15) is 18.3 Å². The topological polar surface area (TPSA) is 171 Å². The second kappa shape index (κ2) is 12.0. The molecule has 6 unspecified atom stereocenters. The van der Waals surface area contributed by atoms with Crippen LogP contribution in [0, 0.1) is 0 Å². The number of hydrogen-bond donors (Lipinski definition) is 6. The normalized spacial score (nSPS) is 23.7. The van der Waals surface area contributed by atoms with Crippen molar-refractivity contribution in [1.82, 2.24) is 10.6 Å². The first-order valence-corrected chi connectivity index (χ1v) is 11.3. The number of amides is 2. The third kappa shape index (κ3) is 6.71. The summed E-state index contributed by atoms with van der Waals surface area (Å²) in [6.07, 6.45) is -6.86. The molecule has 0 spiro atoms. The Bertz CT molecular complexity index is 1020. The Kier molecular flexibility index (Phi) is 9.07. The number of ketones is 1. The number of Topliss-reactive ketones (excluding diaryl/α,β-unsaturated/α-hetero) is 1. The minimum Gasteiger partial charge on any atom is -0.391 e. The van der Waals surface area contributed by atoms with E-state index in [9.17, 15) is 29.7 Å². The number of rotatable bonds is 9. The molecular formula is C25H31N3O7. The van der Waals surface area contributed by atoms with Crippen LogP contribution < -0.4 is 16.4 Å². The van der Waals surface area contributed by atoms with Crippen LogP contribution in [0.3, 0.4) is 0 Å². The number of nitrogens with one attached hydrogen (secondary N) is 2. The summed E-state index contributed by atoms with van der Waals surface area (Å²) in [4.78, 5) is 36.2. The maximum absolute atomic E-state index is 12.5. The molecule has 1 heterocycles. The molecule has 0 aromatic heterocycles. The molecule has 2 amide bonds. The third-order valence-corrected chi connectivity index (χ3v) is 5.93. The fourth-order valence-electron chi connectivity index (χ4n) is 4.04. The quantitative estimate of drug-likeness (QED) is 0.272. The number of benzene rings is 2. The summed E-state index contributed by atoms with van der Waals surface area (Å²) >= 11 is 0. The van der Waals surface area contributed by atoms with Crippen molar-refractivity contribution in [2.45, 2.75) is 49.9 Å². The molecule has 1 aliphatic heterocycles. The first-order chi connectivity index (χ1) is 16.7. The Balaban J connectivity index is 1.63. The van der Waals surface area contributed by atoms with Gasteiger partial charge in [-0.25, -0.2) is 0 Å². The monoisotopic (exact) mass is 485 g/mol. The van der Waals surface area contributed by atoms with Gasteiger partial charge in [-0.1, -0.05) is 42.5 Å². The number of nitrogens with two attached hydrogens (primary N) is 1. The maximum Gasteiger partial charge on any atom is 0.251 e. The van der Waals surface area contributed by atoms with Crippen LogP contribution in [0.1, 0.15) is 23.7 Å². The number of aliphatic hydroxyl groups is 3. The summed E-state index contributed by atoms with van der Waals surface area (Å²) in [5, 5.41) is 36.8. The van der Waals surface area contributed by atoms with Crippen LogP contribution in [0.4, 0.5) is 0 Å². The van der Waals surface area contributed by atoms with Gasteiger partial charge >= 0.3 is 0 Å². The Morgan fingerprint density at radius 2 is 1.69 bits per heavy atom. The smallest absolute Gasteiger partial charge is 0.251 e. The van der Waals surface area contributed by atoms with E-state index in [2.05, 4.69) is 10.6 Å². The summed E-state index contributed by atoms with van der Waals surface area (Å²) in [5.74, 6) is -1.43. The van der Waals surface area contributed by atoms with Crippen molar-refractivity contribution >= 4 is 17.6 Å². The molecule has 0 bridgehead atoms. The summed E-state index contributed by atoms with van der Waals surface area (Å²) < 4.78 is 5.63. The predicted octanol–water partition coefficient (Wildman–Crippen LogP) is -0.644. The Hall–Kier alpha value is -3.15. The molecule has 2 aromatic carbocycles. The minimum absolute atomic E-state index is 0.115. The standard InChI is InChI=1S/C25H31N3O7/c1-14(29)28-22-18(30)11-21(19(31)12-26)35-24(22)23(33)20(32)13-27-25(34)17-9-7-16(8-10-17)15-5-3-2-4-6-15/h2-10,18,20-24,30,32-33H,11-13,26H2,1H3,(H,27,34)(H,28,29). The van der Waals surface area contributed by atoms with E-state index < -0.39 is 54.2 Å². The zero-order chi connectivity index (χ0) is 25.5. The number of aliphatic hydroxyl groups excluding tert-OH is 3. The van der Waals surface area contributed by atoms with Gasteiger partial charge in [-0.2, -0.15) is 0 Å². The van der Waals surface area contributed by atoms with E-state index in [-0.39, 0.29) is 19.5 Å². The van der Waals surface area contributed by atoms with Crippen molar-refractivity contribution in [3.63, 3.8) is 0 Å². The lowest BCUT2D eigenvalue weighted by atomic mass is 9.89. The molecule has 10 nitrogen and oxygen atoms in total. The molecule has 1 fully saturated rings. The maximum atomic E-state index is 12.5. The molecule has 0 radical (unpaired) electrons. The summed E-state index contributed by atoms with van der Waals surface area (Å²) in [6, 6.07) is 15.5. The largest absolute Gasteiger partial charge is 0.391 e. The first-order valence-electron chi connectivity index (χ1n) is 11.3. The molecular weight excluding hydrogens is 454 g/mol. The second-order valence-corrected chi connectivity index (χ2v) is 8.50. The number of carbonyl (C=O) groups is 3. The van der Waals surface area contributed by atoms with Gasteiger partial charge in [-0.15, -0.1) is 0 Å². The van der Waals surface area contributed by atoms with Gasteiger partial charge in [0.15, 0.2) is 5.78 Å². The van der Waals surface area contributed by atoms with Crippen molar-refractivity contribution in [1.29, 1.82) is 0 Å². The van der Waals surface area contributed by atoms with Gasteiger partial charge in [-0.3, -0.25) is 14.4 Å². The van der Waals surface area contributed by atoms with E-state index in [4.69, 9.17) is 10.5 Å². The van der Waals surface area contributed by atoms with E-state index >= 15 is 0 Å². The van der Waals surface area contributed by atoms with Gasteiger partial charge < -0.3 is 36.4 Å². The van der Waals surface area contributed by atoms with Crippen molar-refractivity contribution in [2.75, 3.05) is 13.1 Å².